The standard InChI is InChI=1S/C19H23NO4S/c1-23-18-8-4-5-9-19(18)24-16-10-12-17(13-11-16)25(21,22)20-14-6-2-3-7-15-20/h4-5,8-13H,2-3,6-7,14-15H2,1H3. The van der Waals surface area contributed by atoms with Crippen LogP contribution in [-0.2, 0) is 10.0 Å². The molecule has 1 aliphatic heterocycles. The lowest BCUT2D eigenvalue weighted by atomic mass is 10.2. The summed E-state index contributed by atoms with van der Waals surface area (Å²) in [5, 5.41) is 0. The van der Waals surface area contributed by atoms with Crippen molar-refractivity contribution in [2.24, 2.45) is 0 Å². The van der Waals surface area contributed by atoms with Gasteiger partial charge in [0.15, 0.2) is 11.5 Å². The molecule has 3 rings (SSSR count). The molecule has 0 radical (unpaired) electrons. The molecule has 0 aliphatic carbocycles. The van der Waals surface area contributed by atoms with E-state index in [1.807, 2.05) is 18.2 Å². The van der Waals surface area contributed by atoms with E-state index in [1.165, 1.54) is 0 Å². The number of ether oxygens (including phenoxy) is 2. The lowest BCUT2D eigenvalue weighted by Crippen LogP contribution is -2.31. The van der Waals surface area contributed by atoms with Crippen molar-refractivity contribution in [3.05, 3.63) is 48.5 Å². The Hall–Kier alpha value is -2.05. The molecular weight excluding hydrogens is 338 g/mol. The number of rotatable bonds is 5. The summed E-state index contributed by atoms with van der Waals surface area (Å²) in [6.07, 6.45) is 4.04. The third kappa shape index (κ3) is 4.14. The Balaban J connectivity index is 1.77. The van der Waals surface area contributed by atoms with Crippen LogP contribution in [0.4, 0.5) is 0 Å². The first-order valence-electron chi connectivity index (χ1n) is 8.52. The molecule has 1 heterocycles. The van der Waals surface area contributed by atoms with Crippen molar-refractivity contribution in [3.8, 4) is 17.2 Å². The maximum absolute atomic E-state index is 12.8. The summed E-state index contributed by atoms with van der Waals surface area (Å²) in [5.41, 5.74) is 0. The molecule has 0 amide bonds. The Morgan fingerprint density at radius 3 is 2.04 bits per heavy atom. The van der Waals surface area contributed by atoms with Crippen molar-refractivity contribution >= 4 is 10.0 Å². The smallest absolute Gasteiger partial charge is 0.243 e. The summed E-state index contributed by atoms with van der Waals surface area (Å²) in [6.45, 7) is 1.20. The van der Waals surface area contributed by atoms with Gasteiger partial charge in [-0.2, -0.15) is 4.31 Å². The largest absolute Gasteiger partial charge is 0.493 e. The van der Waals surface area contributed by atoms with E-state index in [0.29, 0.717) is 35.2 Å². The number of benzene rings is 2. The molecule has 0 atom stereocenters. The Labute approximate surface area is 149 Å². The van der Waals surface area contributed by atoms with Crippen molar-refractivity contribution in [1.82, 2.24) is 4.31 Å². The highest BCUT2D eigenvalue weighted by atomic mass is 32.2. The Morgan fingerprint density at radius 1 is 0.840 bits per heavy atom. The zero-order valence-electron chi connectivity index (χ0n) is 14.3. The molecular formula is C19H23NO4S. The van der Waals surface area contributed by atoms with Gasteiger partial charge in [-0.3, -0.25) is 0 Å². The van der Waals surface area contributed by atoms with E-state index >= 15 is 0 Å². The van der Waals surface area contributed by atoms with Crippen LogP contribution in [0.25, 0.3) is 0 Å². The minimum atomic E-state index is -3.43. The number of nitrogens with zero attached hydrogens (tertiary/aromatic N) is 1. The summed E-state index contributed by atoms with van der Waals surface area (Å²) in [5.74, 6) is 1.79. The lowest BCUT2D eigenvalue weighted by molar-refractivity contribution is 0.378. The van der Waals surface area contributed by atoms with Gasteiger partial charge in [-0.1, -0.05) is 25.0 Å². The summed E-state index contributed by atoms with van der Waals surface area (Å²) < 4.78 is 38.2. The number of para-hydroxylation sites is 2. The van der Waals surface area contributed by atoms with Gasteiger partial charge in [-0.05, 0) is 49.2 Å². The first-order valence-corrected chi connectivity index (χ1v) is 9.96. The fraction of sp³-hybridized carbons (Fsp3) is 0.368. The zero-order chi connectivity index (χ0) is 17.7. The minimum Gasteiger partial charge on any atom is -0.493 e. The molecule has 25 heavy (non-hydrogen) atoms. The minimum absolute atomic E-state index is 0.307. The SMILES string of the molecule is COc1ccccc1Oc1ccc(S(=O)(=O)N2CCCCCC2)cc1. The second-order valence-electron chi connectivity index (χ2n) is 6.04. The number of methoxy groups -OCH3 is 1. The summed E-state index contributed by atoms with van der Waals surface area (Å²) in [6, 6.07) is 13.9. The summed E-state index contributed by atoms with van der Waals surface area (Å²) >= 11 is 0. The lowest BCUT2D eigenvalue weighted by Gasteiger charge is -2.20. The van der Waals surface area contributed by atoms with Gasteiger partial charge < -0.3 is 9.47 Å². The first kappa shape index (κ1) is 17.8. The van der Waals surface area contributed by atoms with E-state index in [4.69, 9.17) is 9.47 Å². The molecule has 0 unspecified atom stereocenters. The maximum Gasteiger partial charge on any atom is 0.243 e. The van der Waals surface area contributed by atoms with E-state index in [9.17, 15) is 8.42 Å². The van der Waals surface area contributed by atoms with Crippen LogP contribution < -0.4 is 9.47 Å². The van der Waals surface area contributed by atoms with Crippen LogP contribution in [0, 0.1) is 0 Å². The Bertz CT molecular complexity index is 794. The van der Waals surface area contributed by atoms with E-state index < -0.39 is 10.0 Å². The molecule has 0 aromatic heterocycles. The summed E-state index contributed by atoms with van der Waals surface area (Å²) in [4.78, 5) is 0.307. The van der Waals surface area contributed by atoms with Gasteiger partial charge in [0.25, 0.3) is 0 Å². The molecule has 0 spiro atoms. The zero-order valence-corrected chi connectivity index (χ0v) is 15.2. The predicted octanol–water partition coefficient (Wildman–Crippen LogP) is 4.05. The van der Waals surface area contributed by atoms with Gasteiger partial charge in [0.1, 0.15) is 5.75 Å². The van der Waals surface area contributed by atoms with Crippen molar-refractivity contribution in [2.75, 3.05) is 20.2 Å². The van der Waals surface area contributed by atoms with E-state index in [-0.39, 0.29) is 0 Å². The van der Waals surface area contributed by atoms with Gasteiger partial charge in [0, 0.05) is 13.1 Å². The van der Waals surface area contributed by atoms with Crippen LogP contribution >= 0.6 is 0 Å². The van der Waals surface area contributed by atoms with Crippen LogP contribution in [0.5, 0.6) is 17.2 Å². The first-order chi connectivity index (χ1) is 12.1. The monoisotopic (exact) mass is 361 g/mol. The van der Waals surface area contributed by atoms with Crippen LogP contribution in [0.1, 0.15) is 25.7 Å². The quantitative estimate of drug-likeness (QED) is 0.806. The second kappa shape index (κ2) is 7.89. The molecule has 134 valence electrons. The average Bonchev–Trinajstić information content (AvgIpc) is 2.93. The maximum atomic E-state index is 12.8. The molecule has 2 aromatic carbocycles. The average molecular weight is 361 g/mol. The van der Waals surface area contributed by atoms with Crippen LogP contribution in [0.2, 0.25) is 0 Å². The number of sulfonamides is 1. The van der Waals surface area contributed by atoms with Crippen LogP contribution in [0.15, 0.2) is 53.4 Å². The molecule has 0 bridgehead atoms. The van der Waals surface area contributed by atoms with Gasteiger partial charge >= 0.3 is 0 Å². The normalized spacial score (nSPS) is 16.2. The molecule has 6 heteroatoms. The molecule has 0 saturated carbocycles. The van der Waals surface area contributed by atoms with Crippen molar-refractivity contribution in [3.63, 3.8) is 0 Å². The fourth-order valence-corrected chi connectivity index (χ4v) is 4.46. The van der Waals surface area contributed by atoms with E-state index in [0.717, 1.165) is 25.7 Å². The van der Waals surface area contributed by atoms with Gasteiger partial charge in [-0.25, -0.2) is 8.42 Å². The summed E-state index contributed by atoms with van der Waals surface area (Å²) in [7, 11) is -1.85. The molecule has 1 aliphatic rings. The van der Waals surface area contributed by atoms with Gasteiger partial charge in [-0.15, -0.1) is 0 Å². The van der Waals surface area contributed by atoms with Gasteiger partial charge in [0.05, 0.1) is 12.0 Å². The highest BCUT2D eigenvalue weighted by Crippen LogP contribution is 2.31. The topological polar surface area (TPSA) is 55.8 Å². The number of hydrogen-bond acceptors (Lipinski definition) is 4. The fourth-order valence-electron chi connectivity index (χ4n) is 2.94. The molecule has 1 fully saturated rings. The number of hydrogen-bond donors (Lipinski definition) is 0. The Kier molecular flexibility index (Phi) is 5.60. The second-order valence-corrected chi connectivity index (χ2v) is 7.98. The molecule has 0 N–H and O–H groups in total. The van der Waals surface area contributed by atoms with E-state index in [2.05, 4.69) is 0 Å². The highest BCUT2D eigenvalue weighted by Gasteiger charge is 2.25. The predicted molar refractivity (Wildman–Crippen MR) is 96.7 cm³/mol. The van der Waals surface area contributed by atoms with Crippen LogP contribution in [-0.4, -0.2) is 32.9 Å². The third-order valence-corrected chi connectivity index (χ3v) is 6.24. The molecule has 2 aromatic rings. The van der Waals surface area contributed by atoms with Crippen molar-refractivity contribution in [2.45, 2.75) is 30.6 Å². The van der Waals surface area contributed by atoms with Gasteiger partial charge in [0.2, 0.25) is 10.0 Å². The van der Waals surface area contributed by atoms with Crippen molar-refractivity contribution in [1.29, 1.82) is 0 Å². The molecule has 5 nitrogen and oxygen atoms in total. The highest BCUT2D eigenvalue weighted by molar-refractivity contribution is 7.89. The van der Waals surface area contributed by atoms with Crippen molar-refractivity contribution < 1.29 is 17.9 Å². The Morgan fingerprint density at radius 2 is 1.44 bits per heavy atom. The van der Waals surface area contributed by atoms with Crippen LogP contribution in [0.3, 0.4) is 0 Å². The van der Waals surface area contributed by atoms with E-state index in [1.54, 1.807) is 41.7 Å². The third-order valence-electron chi connectivity index (χ3n) is 4.32. The molecule has 1 saturated heterocycles.